The van der Waals surface area contributed by atoms with Crippen LogP contribution in [0.5, 0.6) is 0 Å². The SMILES string of the molecule is NC(=O)C1SC2C=CC=CC2C1C(N)=O. The van der Waals surface area contributed by atoms with E-state index in [1.807, 2.05) is 24.3 Å². The minimum absolute atomic E-state index is 0.00926. The van der Waals surface area contributed by atoms with E-state index in [1.54, 1.807) is 0 Å². The fourth-order valence-electron chi connectivity index (χ4n) is 2.10. The van der Waals surface area contributed by atoms with E-state index < -0.39 is 23.0 Å². The number of amides is 2. The summed E-state index contributed by atoms with van der Waals surface area (Å²) >= 11 is 1.43. The molecule has 0 aromatic rings. The molecular formula is C10H12N2O2S. The van der Waals surface area contributed by atoms with Gasteiger partial charge >= 0.3 is 0 Å². The van der Waals surface area contributed by atoms with E-state index in [-0.39, 0.29) is 11.2 Å². The van der Waals surface area contributed by atoms with Gasteiger partial charge in [-0.25, -0.2) is 0 Å². The van der Waals surface area contributed by atoms with Gasteiger partial charge < -0.3 is 11.5 Å². The topological polar surface area (TPSA) is 86.2 Å². The van der Waals surface area contributed by atoms with Crippen LogP contribution in [0, 0.1) is 11.8 Å². The Bertz CT molecular complexity index is 364. The lowest BCUT2D eigenvalue weighted by Crippen LogP contribution is -2.40. The number of allylic oxidation sites excluding steroid dienone is 3. The molecule has 0 saturated carbocycles. The molecule has 2 rings (SSSR count). The monoisotopic (exact) mass is 224 g/mol. The Morgan fingerprint density at radius 3 is 2.33 bits per heavy atom. The van der Waals surface area contributed by atoms with E-state index in [1.165, 1.54) is 11.8 Å². The number of carbonyl (C=O) groups excluding carboxylic acids is 2. The number of thioether (sulfide) groups is 1. The van der Waals surface area contributed by atoms with Gasteiger partial charge in [0.2, 0.25) is 11.8 Å². The molecule has 5 heteroatoms. The molecule has 2 aliphatic rings. The van der Waals surface area contributed by atoms with Crippen LogP contribution in [0.2, 0.25) is 0 Å². The standard InChI is InChI=1S/C10H12N2O2S/c11-9(13)7-5-3-1-2-4-6(5)15-8(7)10(12)14/h1-8H,(H2,11,13)(H2,12,14). The molecule has 0 aromatic carbocycles. The lowest BCUT2D eigenvalue weighted by Gasteiger charge is -2.19. The molecule has 4 nitrogen and oxygen atoms in total. The van der Waals surface area contributed by atoms with Gasteiger partial charge in [-0.3, -0.25) is 9.59 Å². The molecule has 15 heavy (non-hydrogen) atoms. The van der Waals surface area contributed by atoms with Crippen molar-refractivity contribution in [2.75, 3.05) is 0 Å². The summed E-state index contributed by atoms with van der Waals surface area (Å²) in [5.74, 6) is -1.37. The molecule has 0 bridgehead atoms. The van der Waals surface area contributed by atoms with Crippen molar-refractivity contribution in [2.45, 2.75) is 10.5 Å². The maximum Gasteiger partial charge on any atom is 0.231 e. The van der Waals surface area contributed by atoms with Crippen LogP contribution in [0.4, 0.5) is 0 Å². The molecule has 0 spiro atoms. The highest BCUT2D eigenvalue weighted by molar-refractivity contribution is 8.01. The van der Waals surface area contributed by atoms with Crippen LogP contribution in [-0.2, 0) is 9.59 Å². The summed E-state index contributed by atoms with van der Waals surface area (Å²) in [7, 11) is 0. The molecule has 4 N–H and O–H groups in total. The Morgan fingerprint density at radius 2 is 1.73 bits per heavy atom. The Morgan fingerprint density at radius 1 is 1.07 bits per heavy atom. The zero-order valence-corrected chi connectivity index (χ0v) is 8.81. The zero-order chi connectivity index (χ0) is 11.0. The van der Waals surface area contributed by atoms with Crippen LogP contribution in [-0.4, -0.2) is 22.3 Å². The molecule has 80 valence electrons. The minimum atomic E-state index is -0.495. The Hall–Kier alpha value is -1.23. The molecule has 1 aliphatic carbocycles. The van der Waals surface area contributed by atoms with E-state index in [0.29, 0.717) is 0 Å². The van der Waals surface area contributed by atoms with Crippen molar-refractivity contribution in [3.63, 3.8) is 0 Å². The summed E-state index contributed by atoms with van der Waals surface area (Å²) in [6, 6.07) is 0. The fraction of sp³-hybridized carbons (Fsp3) is 0.400. The van der Waals surface area contributed by atoms with Crippen LogP contribution in [0.25, 0.3) is 0 Å². The van der Waals surface area contributed by atoms with Crippen molar-refractivity contribution in [3.05, 3.63) is 24.3 Å². The van der Waals surface area contributed by atoms with Gasteiger partial charge in [0.15, 0.2) is 0 Å². The number of carbonyl (C=O) groups is 2. The first-order valence-electron chi connectivity index (χ1n) is 4.70. The van der Waals surface area contributed by atoms with Crippen LogP contribution < -0.4 is 11.5 Å². The van der Waals surface area contributed by atoms with E-state index in [9.17, 15) is 9.59 Å². The average Bonchev–Trinajstić information content (AvgIpc) is 2.56. The Balaban J connectivity index is 2.30. The summed E-state index contributed by atoms with van der Waals surface area (Å²) < 4.78 is 0. The molecular weight excluding hydrogens is 212 g/mol. The zero-order valence-electron chi connectivity index (χ0n) is 8.00. The predicted molar refractivity (Wildman–Crippen MR) is 58.8 cm³/mol. The third kappa shape index (κ3) is 1.67. The quantitative estimate of drug-likeness (QED) is 0.681. The van der Waals surface area contributed by atoms with Crippen LogP contribution >= 0.6 is 11.8 Å². The minimum Gasteiger partial charge on any atom is -0.369 e. The Labute approximate surface area is 91.8 Å². The molecule has 4 unspecified atom stereocenters. The molecule has 0 radical (unpaired) electrons. The van der Waals surface area contributed by atoms with Crippen LogP contribution in [0.15, 0.2) is 24.3 Å². The number of nitrogens with two attached hydrogens (primary N) is 2. The second kappa shape index (κ2) is 3.73. The van der Waals surface area contributed by atoms with Gasteiger partial charge in [-0.15, -0.1) is 11.8 Å². The highest BCUT2D eigenvalue weighted by Crippen LogP contribution is 2.45. The maximum absolute atomic E-state index is 11.3. The van der Waals surface area contributed by atoms with Gasteiger partial charge in [-0.1, -0.05) is 24.3 Å². The van der Waals surface area contributed by atoms with E-state index in [2.05, 4.69) is 0 Å². The van der Waals surface area contributed by atoms with Gasteiger partial charge in [0, 0.05) is 11.2 Å². The molecule has 1 aliphatic heterocycles. The number of primary amides is 2. The summed E-state index contributed by atoms with van der Waals surface area (Å²) in [5.41, 5.74) is 10.6. The third-order valence-corrected chi connectivity index (χ3v) is 4.38. The van der Waals surface area contributed by atoms with Crippen LogP contribution in [0.1, 0.15) is 0 Å². The van der Waals surface area contributed by atoms with E-state index in [4.69, 9.17) is 11.5 Å². The smallest absolute Gasteiger partial charge is 0.231 e. The van der Waals surface area contributed by atoms with Gasteiger partial charge in [-0.05, 0) is 0 Å². The summed E-state index contributed by atoms with van der Waals surface area (Å²) in [5, 5.41) is -0.352. The largest absolute Gasteiger partial charge is 0.369 e. The average molecular weight is 224 g/mol. The lowest BCUT2D eigenvalue weighted by atomic mass is 9.84. The van der Waals surface area contributed by atoms with Crippen molar-refractivity contribution >= 4 is 23.6 Å². The normalized spacial score (nSPS) is 37.6. The Kier molecular flexibility index (Phi) is 2.56. The van der Waals surface area contributed by atoms with Crippen molar-refractivity contribution in [1.29, 1.82) is 0 Å². The molecule has 4 atom stereocenters. The molecule has 0 aromatic heterocycles. The van der Waals surface area contributed by atoms with Gasteiger partial charge in [-0.2, -0.15) is 0 Å². The summed E-state index contributed by atoms with van der Waals surface area (Å²) in [4.78, 5) is 22.5. The van der Waals surface area contributed by atoms with Gasteiger partial charge in [0.25, 0.3) is 0 Å². The molecule has 1 heterocycles. The second-order valence-electron chi connectivity index (χ2n) is 3.70. The highest BCUT2D eigenvalue weighted by atomic mass is 32.2. The number of fused-ring (bicyclic) bond motifs is 1. The van der Waals surface area contributed by atoms with Crippen molar-refractivity contribution in [3.8, 4) is 0 Å². The van der Waals surface area contributed by atoms with Crippen molar-refractivity contribution < 1.29 is 9.59 Å². The molecule has 2 amide bonds. The third-order valence-electron chi connectivity index (χ3n) is 2.78. The van der Waals surface area contributed by atoms with E-state index >= 15 is 0 Å². The van der Waals surface area contributed by atoms with Crippen molar-refractivity contribution in [1.82, 2.24) is 0 Å². The molecule has 1 fully saturated rings. The second-order valence-corrected chi connectivity index (χ2v) is 5.02. The van der Waals surface area contributed by atoms with Gasteiger partial charge in [0.1, 0.15) is 0 Å². The number of rotatable bonds is 2. The first-order chi connectivity index (χ1) is 7.11. The van der Waals surface area contributed by atoms with Crippen molar-refractivity contribution in [2.24, 2.45) is 23.3 Å². The summed E-state index contributed by atoms with van der Waals surface area (Å²) in [6.45, 7) is 0. The lowest BCUT2D eigenvalue weighted by molar-refractivity contribution is -0.127. The number of hydrogen-bond donors (Lipinski definition) is 2. The highest BCUT2D eigenvalue weighted by Gasteiger charge is 2.47. The first-order valence-corrected chi connectivity index (χ1v) is 5.64. The molecule has 1 saturated heterocycles. The summed E-state index contributed by atoms with van der Waals surface area (Å²) in [6.07, 6.45) is 7.70. The first kappa shape index (κ1) is 10.3. The van der Waals surface area contributed by atoms with Crippen LogP contribution in [0.3, 0.4) is 0 Å². The van der Waals surface area contributed by atoms with Gasteiger partial charge in [0.05, 0.1) is 11.2 Å². The maximum atomic E-state index is 11.3. The van der Waals surface area contributed by atoms with E-state index in [0.717, 1.165) is 0 Å². The number of hydrogen-bond acceptors (Lipinski definition) is 3. The predicted octanol–water partition coefficient (Wildman–Crippen LogP) is -0.201. The fourth-order valence-corrected chi connectivity index (χ4v) is 3.68.